The molecule has 0 fully saturated rings. The lowest BCUT2D eigenvalue weighted by Crippen LogP contribution is -2.22. The van der Waals surface area contributed by atoms with Crippen LogP contribution in [-0.2, 0) is 19.1 Å². The van der Waals surface area contributed by atoms with Crippen LogP contribution in [0.4, 0.5) is 0 Å². The van der Waals surface area contributed by atoms with Crippen molar-refractivity contribution in [2.24, 2.45) is 0 Å². The van der Waals surface area contributed by atoms with Crippen molar-refractivity contribution in [2.45, 2.75) is 9.79 Å². The molecule has 0 aliphatic rings. The van der Waals surface area contributed by atoms with E-state index >= 15 is 0 Å². The molecule has 0 N–H and O–H groups in total. The van der Waals surface area contributed by atoms with E-state index in [-0.39, 0.29) is 19.8 Å². The molecular formula is C16H18Cl3NO6S2. The summed E-state index contributed by atoms with van der Waals surface area (Å²) in [6.07, 6.45) is 0. The first-order chi connectivity index (χ1) is 12.8. The Morgan fingerprint density at radius 3 is 1.46 bits per heavy atom. The third-order valence-corrected chi connectivity index (χ3v) is 7.40. The molecule has 2 aromatic rings. The summed E-state index contributed by atoms with van der Waals surface area (Å²) in [5.74, 6) is 1.01. The topological polar surface area (TPSA) is 90.0 Å². The summed E-state index contributed by atoms with van der Waals surface area (Å²) in [6, 6.07) is 8.61. The van der Waals surface area contributed by atoms with Gasteiger partial charge in [0.2, 0.25) is 10.0 Å². The number of methoxy groups -OCH3 is 2. The Labute approximate surface area is 179 Å². The molecule has 0 radical (unpaired) electrons. The lowest BCUT2D eigenvalue weighted by molar-refractivity contribution is 0.414. The predicted molar refractivity (Wildman–Crippen MR) is 110 cm³/mol. The molecule has 0 aliphatic heterocycles. The van der Waals surface area contributed by atoms with E-state index in [2.05, 4.69) is 0 Å². The van der Waals surface area contributed by atoms with E-state index in [1.54, 1.807) is 6.07 Å². The third-order valence-electron chi connectivity index (χ3n) is 3.30. The smallest absolute Gasteiger partial charge is 0.262 e. The predicted octanol–water partition coefficient (Wildman–Crippen LogP) is 3.88. The van der Waals surface area contributed by atoms with E-state index in [1.165, 1.54) is 58.6 Å². The van der Waals surface area contributed by atoms with Crippen LogP contribution in [0.2, 0.25) is 10.0 Å². The van der Waals surface area contributed by atoms with Crippen LogP contribution in [0.5, 0.6) is 11.5 Å². The van der Waals surface area contributed by atoms with Crippen LogP contribution < -0.4 is 9.47 Å². The molecule has 0 saturated carbocycles. The molecule has 0 aliphatic carbocycles. The normalized spacial score (nSPS) is 11.6. The second-order valence-corrected chi connectivity index (χ2v) is 10.8. The Balaban J connectivity index is 0.000000283. The molecule has 2 aromatic carbocycles. The van der Waals surface area contributed by atoms with Crippen LogP contribution in [0.25, 0.3) is 0 Å². The summed E-state index contributed by atoms with van der Waals surface area (Å²) in [7, 11) is 3.71. The number of nitrogens with zero attached hydrogens (tertiary/aromatic N) is 1. The average molecular weight is 491 g/mol. The van der Waals surface area contributed by atoms with E-state index in [0.717, 1.165) is 4.31 Å². The Hall–Kier alpha value is -1.23. The number of halogens is 3. The van der Waals surface area contributed by atoms with E-state index in [4.69, 9.17) is 43.4 Å². The number of hydrogen-bond donors (Lipinski definition) is 0. The largest absolute Gasteiger partial charge is 0.497 e. The summed E-state index contributed by atoms with van der Waals surface area (Å²) in [5, 5.41) is 0.206. The highest BCUT2D eigenvalue weighted by Gasteiger charge is 2.20. The minimum Gasteiger partial charge on any atom is -0.497 e. The highest BCUT2D eigenvalue weighted by Crippen LogP contribution is 2.28. The molecule has 28 heavy (non-hydrogen) atoms. The van der Waals surface area contributed by atoms with Crippen LogP contribution in [0.15, 0.2) is 46.2 Å². The fourth-order valence-electron chi connectivity index (χ4n) is 1.82. The summed E-state index contributed by atoms with van der Waals surface area (Å²) in [4.78, 5) is -0.0356. The van der Waals surface area contributed by atoms with Gasteiger partial charge in [-0.3, -0.25) is 0 Å². The molecule has 156 valence electrons. The maximum atomic E-state index is 11.8. The molecule has 0 spiro atoms. The monoisotopic (exact) mass is 489 g/mol. The van der Waals surface area contributed by atoms with Gasteiger partial charge in [-0.1, -0.05) is 23.2 Å². The van der Waals surface area contributed by atoms with Gasteiger partial charge in [-0.15, -0.1) is 0 Å². The number of rotatable bonds is 5. The molecule has 0 aromatic heterocycles. The molecule has 0 atom stereocenters. The van der Waals surface area contributed by atoms with E-state index in [1.807, 2.05) is 0 Å². The first kappa shape index (κ1) is 24.8. The molecule has 12 heteroatoms. The Kier molecular flexibility index (Phi) is 8.86. The molecule has 0 unspecified atom stereocenters. The Morgan fingerprint density at radius 1 is 0.786 bits per heavy atom. The highest BCUT2D eigenvalue weighted by molar-refractivity contribution is 8.13. The maximum absolute atomic E-state index is 11.8. The van der Waals surface area contributed by atoms with Gasteiger partial charge in [-0.2, -0.15) is 0 Å². The third kappa shape index (κ3) is 6.40. The summed E-state index contributed by atoms with van der Waals surface area (Å²) in [5.41, 5.74) is 0. The van der Waals surface area contributed by atoms with Crippen molar-refractivity contribution < 1.29 is 26.3 Å². The van der Waals surface area contributed by atoms with E-state index in [9.17, 15) is 16.8 Å². The second-order valence-electron chi connectivity index (χ2n) is 5.32. The molecule has 0 heterocycles. The zero-order valence-corrected chi connectivity index (χ0v) is 19.2. The fraction of sp³-hybridized carbons (Fsp3) is 0.250. The summed E-state index contributed by atoms with van der Waals surface area (Å²) in [6.45, 7) is 0. The SMILES string of the molecule is COc1ccc(S(=O)(=O)Cl)c(Cl)c1.COc1ccc(S(=O)(=O)N(C)C)c(Cl)c1. The Morgan fingerprint density at radius 2 is 1.18 bits per heavy atom. The maximum Gasteiger partial charge on any atom is 0.262 e. The van der Waals surface area contributed by atoms with E-state index < -0.39 is 19.1 Å². The molecule has 0 bridgehead atoms. The van der Waals surface area contributed by atoms with Crippen molar-refractivity contribution in [1.82, 2.24) is 4.31 Å². The summed E-state index contributed by atoms with van der Waals surface area (Å²) < 4.78 is 56.2. The van der Waals surface area contributed by atoms with Gasteiger partial charge >= 0.3 is 0 Å². The minimum absolute atomic E-state index is 0.0503. The van der Waals surface area contributed by atoms with Gasteiger partial charge in [-0.25, -0.2) is 21.1 Å². The quantitative estimate of drug-likeness (QED) is 0.591. The first-order valence-corrected chi connectivity index (χ1v) is 11.9. The number of hydrogen-bond acceptors (Lipinski definition) is 6. The zero-order valence-electron chi connectivity index (χ0n) is 15.3. The molecule has 0 amide bonds. The van der Waals surface area contributed by atoms with Gasteiger partial charge in [0, 0.05) is 36.9 Å². The van der Waals surface area contributed by atoms with Gasteiger partial charge in [0.15, 0.2) is 0 Å². The van der Waals surface area contributed by atoms with Crippen molar-refractivity contribution in [3.63, 3.8) is 0 Å². The average Bonchev–Trinajstić information content (AvgIpc) is 2.60. The van der Waals surface area contributed by atoms with Gasteiger partial charge in [-0.05, 0) is 24.3 Å². The van der Waals surface area contributed by atoms with Gasteiger partial charge < -0.3 is 9.47 Å². The van der Waals surface area contributed by atoms with Crippen molar-refractivity contribution in [1.29, 1.82) is 0 Å². The highest BCUT2D eigenvalue weighted by atomic mass is 35.7. The van der Waals surface area contributed by atoms with Gasteiger partial charge in [0.1, 0.15) is 21.3 Å². The second kappa shape index (κ2) is 10.00. The van der Waals surface area contributed by atoms with Gasteiger partial charge in [0.25, 0.3) is 9.05 Å². The summed E-state index contributed by atoms with van der Waals surface area (Å²) >= 11 is 11.5. The number of benzene rings is 2. The van der Waals surface area contributed by atoms with Crippen LogP contribution >= 0.6 is 33.9 Å². The fourth-order valence-corrected chi connectivity index (χ4v) is 4.74. The minimum atomic E-state index is -3.77. The van der Waals surface area contributed by atoms with Crippen LogP contribution in [0.3, 0.4) is 0 Å². The van der Waals surface area contributed by atoms with Crippen LogP contribution in [0.1, 0.15) is 0 Å². The zero-order chi connectivity index (χ0) is 21.7. The van der Waals surface area contributed by atoms with Crippen molar-refractivity contribution in [3.8, 4) is 11.5 Å². The van der Waals surface area contributed by atoms with E-state index in [0.29, 0.717) is 11.5 Å². The molecule has 0 saturated heterocycles. The molecule has 2 rings (SSSR count). The van der Waals surface area contributed by atoms with Crippen LogP contribution in [-0.4, -0.2) is 49.5 Å². The van der Waals surface area contributed by atoms with Crippen molar-refractivity contribution in [2.75, 3.05) is 28.3 Å². The first-order valence-electron chi connectivity index (χ1n) is 7.38. The van der Waals surface area contributed by atoms with Gasteiger partial charge in [0.05, 0.1) is 24.3 Å². The lowest BCUT2D eigenvalue weighted by atomic mass is 10.3. The molecular weight excluding hydrogens is 473 g/mol. The number of ether oxygens (including phenoxy) is 2. The van der Waals surface area contributed by atoms with Crippen molar-refractivity contribution in [3.05, 3.63) is 46.4 Å². The van der Waals surface area contributed by atoms with Crippen LogP contribution in [0, 0.1) is 0 Å². The molecule has 7 nitrogen and oxygen atoms in total. The number of sulfonamides is 1. The standard InChI is InChI=1S/C9H12ClNO3S.C7H6Cl2O3S/c1-11(2)15(12,13)9-5-4-7(14-3)6-8(9)10;1-12-5-2-3-7(6(8)4-5)13(9,10)11/h4-6H,1-3H3;2-4H,1H3. The lowest BCUT2D eigenvalue weighted by Gasteiger charge is -2.13. The Bertz CT molecular complexity index is 1040. The van der Waals surface area contributed by atoms with Crippen molar-refractivity contribution >= 4 is 53.0 Å².